The van der Waals surface area contributed by atoms with Gasteiger partial charge in [0.05, 0.1) is 11.5 Å². The Morgan fingerprint density at radius 1 is 1.07 bits per heavy atom. The lowest BCUT2D eigenvalue weighted by Crippen LogP contribution is -2.44. The molecule has 1 saturated carbocycles. The zero-order valence-corrected chi connectivity index (χ0v) is 17.1. The molecule has 1 unspecified atom stereocenters. The predicted molar refractivity (Wildman–Crippen MR) is 103 cm³/mol. The van der Waals surface area contributed by atoms with Crippen molar-refractivity contribution in [3.63, 3.8) is 0 Å². The number of rotatable bonds is 8. The second kappa shape index (κ2) is 9.04. The normalized spacial score (nSPS) is 19.4. The number of carbonyl (C=O) groups is 1. The molecule has 0 spiro atoms. The Balaban J connectivity index is 1.45. The smallest absolute Gasteiger partial charge is 0.223 e. The minimum absolute atomic E-state index is 0.00809. The molecule has 1 aromatic rings. The van der Waals surface area contributed by atoms with Crippen molar-refractivity contribution in [2.24, 2.45) is 17.6 Å². The number of sulfone groups is 1. The Bertz CT molecular complexity index is 851. The van der Waals surface area contributed by atoms with E-state index in [-0.39, 0.29) is 47.7 Å². The molecule has 5 nitrogen and oxygen atoms in total. The van der Waals surface area contributed by atoms with Gasteiger partial charge in [0, 0.05) is 31.6 Å². The lowest BCUT2D eigenvalue weighted by Gasteiger charge is -2.35. The van der Waals surface area contributed by atoms with E-state index in [2.05, 4.69) is 0 Å². The van der Waals surface area contributed by atoms with Crippen LogP contribution in [0.15, 0.2) is 12.1 Å². The minimum atomic E-state index is -3.18. The van der Waals surface area contributed by atoms with Gasteiger partial charge in [-0.25, -0.2) is 21.6 Å². The topological polar surface area (TPSA) is 80.5 Å². The fourth-order valence-corrected chi connectivity index (χ4v) is 5.55. The van der Waals surface area contributed by atoms with Gasteiger partial charge in [0.1, 0.15) is 5.82 Å². The first-order valence-electron chi connectivity index (χ1n) is 10.0. The molecule has 2 fully saturated rings. The van der Waals surface area contributed by atoms with Crippen LogP contribution in [0.3, 0.4) is 0 Å². The van der Waals surface area contributed by atoms with Gasteiger partial charge in [-0.3, -0.25) is 4.79 Å². The van der Waals surface area contributed by atoms with Gasteiger partial charge in [-0.05, 0) is 55.6 Å². The molecule has 162 valence electrons. The van der Waals surface area contributed by atoms with Crippen molar-refractivity contribution in [1.29, 1.82) is 0 Å². The number of nitrogens with zero attached hydrogens (tertiary/aromatic N) is 1. The van der Waals surface area contributed by atoms with Gasteiger partial charge in [-0.1, -0.05) is 0 Å². The van der Waals surface area contributed by atoms with E-state index in [9.17, 15) is 26.4 Å². The molecule has 1 saturated heterocycles. The molecule has 2 aliphatic rings. The summed E-state index contributed by atoms with van der Waals surface area (Å²) in [7, 11) is -3.18. The molecule has 0 aromatic heterocycles. The predicted octanol–water partition coefficient (Wildman–Crippen LogP) is 2.43. The molecule has 1 aliphatic carbocycles. The SMILES string of the molecule is NC(Cc1cc(F)c(F)cc1F)C1CCN(C(=O)CCS(=O)(=O)CC2CC2)CC1. The number of likely N-dealkylation sites (tertiary alicyclic amines) is 1. The van der Waals surface area contributed by atoms with E-state index in [4.69, 9.17) is 5.73 Å². The summed E-state index contributed by atoms with van der Waals surface area (Å²) in [5, 5.41) is 0. The molecule has 29 heavy (non-hydrogen) atoms. The zero-order valence-electron chi connectivity index (χ0n) is 16.2. The van der Waals surface area contributed by atoms with Gasteiger partial charge in [0.15, 0.2) is 21.5 Å². The highest BCUT2D eigenvalue weighted by molar-refractivity contribution is 7.91. The first-order valence-corrected chi connectivity index (χ1v) is 11.8. The summed E-state index contributed by atoms with van der Waals surface area (Å²) in [4.78, 5) is 14.0. The molecule has 1 aliphatic heterocycles. The van der Waals surface area contributed by atoms with Gasteiger partial charge in [0.2, 0.25) is 5.91 Å². The monoisotopic (exact) mass is 432 g/mol. The van der Waals surface area contributed by atoms with E-state index < -0.39 is 33.3 Å². The molecule has 1 amide bonds. The van der Waals surface area contributed by atoms with Crippen molar-refractivity contribution in [2.75, 3.05) is 24.6 Å². The second-order valence-corrected chi connectivity index (χ2v) is 10.5. The molecule has 1 aromatic carbocycles. The minimum Gasteiger partial charge on any atom is -0.343 e. The van der Waals surface area contributed by atoms with Crippen LogP contribution in [0.4, 0.5) is 13.2 Å². The number of hydrogen-bond donors (Lipinski definition) is 1. The van der Waals surface area contributed by atoms with Crippen LogP contribution in [0.25, 0.3) is 0 Å². The van der Waals surface area contributed by atoms with Crippen molar-refractivity contribution in [3.8, 4) is 0 Å². The Hall–Kier alpha value is -1.61. The lowest BCUT2D eigenvalue weighted by molar-refractivity contribution is -0.132. The van der Waals surface area contributed by atoms with Gasteiger partial charge < -0.3 is 10.6 Å². The third-order valence-corrected chi connectivity index (χ3v) is 7.66. The molecular formula is C20H27F3N2O3S. The number of benzene rings is 1. The van der Waals surface area contributed by atoms with Crippen LogP contribution >= 0.6 is 0 Å². The summed E-state index contributed by atoms with van der Waals surface area (Å²) in [6.45, 7) is 0.917. The van der Waals surface area contributed by atoms with E-state index in [0.717, 1.165) is 18.9 Å². The van der Waals surface area contributed by atoms with Crippen molar-refractivity contribution in [2.45, 2.75) is 44.6 Å². The fraction of sp³-hybridized carbons (Fsp3) is 0.650. The highest BCUT2D eigenvalue weighted by atomic mass is 32.2. The van der Waals surface area contributed by atoms with Gasteiger partial charge in [-0.2, -0.15) is 0 Å². The number of halogens is 3. The average Bonchev–Trinajstić information content (AvgIpc) is 3.47. The third-order valence-electron chi connectivity index (χ3n) is 5.86. The fourth-order valence-electron chi connectivity index (χ4n) is 3.85. The highest BCUT2D eigenvalue weighted by Crippen LogP contribution is 2.30. The Morgan fingerprint density at radius 3 is 2.31 bits per heavy atom. The van der Waals surface area contributed by atoms with E-state index >= 15 is 0 Å². The number of amides is 1. The maximum Gasteiger partial charge on any atom is 0.223 e. The number of piperidine rings is 1. The molecule has 1 atom stereocenters. The second-order valence-electron chi connectivity index (χ2n) is 8.25. The van der Waals surface area contributed by atoms with Gasteiger partial charge in [-0.15, -0.1) is 0 Å². The number of nitrogens with two attached hydrogens (primary N) is 1. The molecule has 1 heterocycles. The third kappa shape index (κ3) is 6.18. The average molecular weight is 433 g/mol. The van der Waals surface area contributed by atoms with Crippen LogP contribution in [-0.2, 0) is 21.1 Å². The van der Waals surface area contributed by atoms with Crippen molar-refractivity contribution < 1.29 is 26.4 Å². The molecular weight excluding hydrogens is 405 g/mol. The summed E-state index contributed by atoms with van der Waals surface area (Å²) < 4.78 is 64.2. The summed E-state index contributed by atoms with van der Waals surface area (Å²) in [5.41, 5.74) is 6.20. The number of hydrogen-bond acceptors (Lipinski definition) is 4. The summed E-state index contributed by atoms with van der Waals surface area (Å²) in [6, 6.07) is 0.923. The zero-order chi connectivity index (χ0) is 21.2. The van der Waals surface area contributed by atoms with Gasteiger partial charge >= 0.3 is 0 Å². The summed E-state index contributed by atoms with van der Waals surface area (Å²) in [6.07, 6.45) is 3.19. The largest absolute Gasteiger partial charge is 0.343 e. The summed E-state index contributed by atoms with van der Waals surface area (Å²) in [5.74, 6) is -2.98. The molecule has 0 bridgehead atoms. The molecule has 9 heteroatoms. The maximum atomic E-state index is 13.8. The maximum absolute atomic E-state index is 13.8. The van der Waals surface area contributed by atoms with Crippen LogP contribution in [0.5, 0.6) is 0 Å². The van der Waals surface area contributed by atoms with Crippen molar-refractivity contribution in [3.05, 3.63) is 35.1 Å². The van der Waals surface area contributed by atoms with Crippen LogP contribution < -0.4 is 5.73 Å². The Kier molecular flexibility index (Phi) is 6.88. The highest BCUT2D eigenvalue weighted by Gasteiger charge is 2.30. The van der Waals surface area contributed by atoms with Crippen LogP contribution in [0.1, 0.15) is 37.7 Å². The van der Waals surface area contributed by atoms with Crippen molar-refractivity contribution >= 4 is 15.7 Å². The first-order chi connectivity index (χ1) is 13.6. The first kappa shape index (κ1) is 22.1. The Morgan fingerprint density at radius 2 is 1.69 bits per heavy atom. The van der Waals surface area contributed by atoms with E-state index in [0.29, 0.717) is 32.0 Å². The van der Waals surface area contributed by atoms with E-state index in [1.165, 1.54) is 0 Å². The molecule has 2 N–H and O–H groups in total. The van der Waals surface area contributed by atoms with Crippen molar-refractivity contribution in [1.82, 2.24) is 4.90 Å². The quantitative estimate of drug-likeness (QED) is 0.640. The van der Waals surface area contributed by atoms with Crippen LogP contribution in [-0.4, -0.2) is 49.9 Å². The molecule has 3 rings (SSSR count). The van der Waals surface area contributed by atoms with E-state index in [1.54, 1.807) is 4.90 Å². The van der Waals surface area contributed by atoms with Crippen LogP contribution in [0, 0.1) is 29.3 Å². The Labute approximate surface area is 169 Å². The molecule has 0 radical (unpaired) electrons. The lowest BCUT2D eigenvalue weighted by atomic mass is 9.86. The van der Waals surface area contributed by atoms with E-state index in [1.807, 2.05) is 0 Å². The summed E-state index contributed by atoms with van der Waals surface area (Å²) >= 11 is 0. The standard InChI is InChI=1S/C20H27F3N2O3S/c21-16-11-18(23)17(22)9-15(16)10-19(24)14-3-6-25(7-4-14)20(26)5-8-29(27,28)12-13-1-2-13/h9,11,13-14,19H,1-8,10,12,24H2. The number of carbonyl (C=O) groups excluding carboxylic acids is 1. The van der Waals surface area contributed by atoms with Gasteiger partial charge in [0.25, 0.3) is 0 Å². The van der Waals surface area contributed by atoms with Crippen LogP contribution in [0.2, 0.25) is 0 Å².